The second-order valence-corrected chi connectivity index (χ2v) is 7.18. The number of carbonyl (C=O) groups excluding carboxylic acids is 1. The fraction of sp³-hybridized carbons (Fsp3) is 0.611. The Morgan fingerprint density at radius 2 is 2.09 bits per heavy atom. The van der Waals surface area contributed by atoms with Gasteiger partial charge in [-0.1, -0.05) is 6.07 Å². The lowest BCUT2D eigenvalue weighted by atomic mass is 9.74. The average molecular weight is 316 g/mol. The SMILES string of the molecule is CN(C)CCNC(=O)c1ccc2c(c1)N(C)CC21CCNCC1. The van der Waals surface area contributed by atoms with Crippen molar-refractivity contribution in [2.24, 2.45) is 0 Å². The Morgan fingerprint density at radius 3 is 2.78 bits per heavy atom. The molecule has 2 aliphatic rings. The number of nitrogens with zero attached hydrogens (tertiary/aromatic N) is 2. The van der Waals surface area contributed by atoms with Crippen LogP contribution in [0.5, 0.6) is 0 Å². The van der Waals surface area contributed by atoms with Crippen LogP contribution in [0.25, 0.3) is 0 Å². The molecule has 126 valence electrons. The third kappa shape index (κ3) is 3.21. The van der Waals surface area contributed by atoms with Crippen molar-refractivity contribution < 1.29 is 4.79 Å². The largest absolute Gasteiger partial charge is 0.373 e. The fourth-order valence-electron chi connectivity index (χ4n) is 3.89. The molecule has 3 rings (SSSR count). The molecule has 0 radical (unpaired) electrons. The Labute approximate surface area is 139 Å². The molecule has 2 aliphatic heterocycles. The lowest BCUT2D eigenvalue weighted by molar-refractivity contribution is 0.0951. The van der Waals surface area contributed by atoms with Crippen LogP contribution in [0, 0.1) is 0 Å². The van der Waals surface area contributed by atoms with Crippen LogP contribution in [0.1, 0.15) is 28.8 Å². The first-order valence-electron chi connectivity index (χ1n) is 8.51. The van der Waals surface area contributed by atoms with Crippen molar-refractivity contribution in [1.29, 1.82) is 0 Å². The van der Waals surface area contributed by atoms with Gasteiger partial charge >= 0.3 is 0 Å². The fourth-order valence-corrected chi connectivity index (χ4v) is 3.89. The maximum absolute atomic E-state index is 12.3. The van der Waals surface area contributed by atoms with Crippen molar-refractivity contribution in [1.82, 2.24) is 15.5 Å². The van der Waals surface area contributed by atoms with E-state index < -0.39 is 0 Å². The van der Waals surface area contributed by atoms with Crippen LogP contribution in [-0.2, 0) is 5.41 Å². The van der Waals surface area contributed by atoms with Crippen molar-refractivity contribution >= 4 is 11.6 Å². The van der Waals surface area contributed by atoms with E-state index in [2.05, 4.69) is 39.6 Å². The zero-order valence-corrected chi connectivity index (χ0v) is 14.5. The molecule has 0 aliphatic carbocycles. The molecule has 0 atom stereocenters. The number of hydrogen-bond donors (Lipinski definition) is 2. The van der Waals surface area contributed by atoms with Crippen LogP contribution >= 0.6 is 0 Å². The summed E-state index contributed by atoms with van der Waals surface area (Å²) in [5.41, 5.74) is 3.69. The molecule has 1 aromatic rings. The minimum absolute atomic E-state index is 0.0225. The summed E-state index contributed by atoms with van der Waals surface area (Å²) in [6.45, 7) is 4.76. The van der Waals surface area contributed by atoms with E-state index in [1.54, 1.807) is 0 Å². The molecule has 1 saturated heterocycles. The van der Waals surface area contributed by atoms with Gasteiger partial charge in [0.15, 0.2) is 0 Å². The van der Waals surface area contributed by atoms with E-state index >= 15 is 0 Å². The maximum atomic E-state index is 12.3. The normalized spacial score (nSPS) is 19.2. The molecule has 1 spiro atoms. The van der Waals surface area contributed by atoms with Gasteiger partial charge in [-0.3, -0.25) is 4.79 Å². The van der Waals surface area contributed by atoms with Crippen molar-refractivity contribution in [3.05, 3.63) is 29.3 Å². The molecule has 1 aromatic carbocycles. The molecular formula is C18H28N4O. The van der Waals surface area contributed by atoms with E-state index in [9.17, 15) is 4.79 Å². The third-order valence-corrected chi connectivity index (χ3v) is 5.19. The highest BCUT2D eigenvalue weighted by Crippen LogP contribution is 2.45. The van der Waals surface area contributed by atoms with Crippen LogP contribution in [0.15, 0.2) is 18.2 Å². The lowest BCUT2D eigenvalue weighted by Crippen LogP contribution is -2.42. The van der Waals surface area contributed by atoms with Crippen molar-refractivity contribution in [3.63, 3.8) is 0 Å². The Hall–Kier alpha value is -1.59. The van der Waals surface area contributed by atoms with Gasteiger partial charge in [0.1, 0.15) is 0 Å². The third-order valence-electron chi connectivity index (χ3n) is 5.19. The van der Waals surface area contributed by atoms with Gasteiger partial charge < -0.3 is 20.4 Å². The molecule has 2 N–H and O–H groups in total. The summed E-state index contributed by atoms with van der Waals surface area (Å²) in [5, 5.41) is 6.46. The summed E-state index contributed by atoms with van der Waals surface area (Å²) in [4.78, 5) is 16.7. The summed E-state index contributed by atoms with van der Waals surface area (Å²) in [5.74, 6) is 0.0225. The Balaban J connectivity index is 1.77. The standard InChI is InChI=1S/C18H28N4O/c1-21(2)11-10-20-17(23)14-4-5-15-16(12-14)22(3)13-18(15)6-8-19-9-7-18/h4-5,12,19H,6-11,13H2,1-3H3,(H,20,23). The first-order chi connectivity index (χ1) is 11.0. The van der Waals surface area contributed by atoms with Crippen molar-refractivity contribution in [2.45, 2.75) is 18.3 Å². The van der Waals surface area contributed by atoms with Crippen LogP contribution in [0.3, 0.4) is 0 Å². The van der Waals surface area contributed by atoms with Crippen LogP contribution in [0.4, 0.5) is 5.69 Å². The quantitative estimate of drug-likeness (QED) is 0.872. The number of amides is 1. The number of likely N-dealkylation sites (N-methyl/N-ethyl adjacent to an activating group) is 2. The molecule has 1 fully saturated rings. The first-order valence-corrected chi connectivity index (χ1v) is 8.51. The second-order valence-electron chi connectivity index (χ2n) is 7.18. The van der Waals surface area contributed by atoms with E-state index in [4.69, 9.17) is 0 Å². The predicted octanol–water partition coefficient (Wildman–Crippen LogP) is 1.05. The van der Waals surface area contributed by atoms with Gasteiger partial charge in [-0.2, -0.15) is 0 Å². The maximum Gasteiger partial charge on any atom is 0.251 e. The average Bonchev–Trinajstić information content (AvgIpc) is 2.79. The van der Waals surface area contributed by atoms with E-state index in [1.165, 1.54) is 24.1 Å². The summed E-state index contributed by atoms with van der Waals surface area (Å²) >= 11 is 0. The van der Waals surface area contributed by atoms with Crippen molar-refractivity contribution in [2.75, 3.05) is 58.8 Å². The monoisotopic (exact) mass is 316 g/mol. The number of nitrogens with one attached hydrogen (secondary N) is 2. The highest BCUT2D eigenvalue weighted by atomic mass is 16.1. The number of carbonyl (C=O) groups is 1. The van der Waals surface area contributed by atoms with E-state index in [0.29, 0.717) is 6.54 Å². The molecule has 0 bridgehead atoms. The number of piperidine rings is 1. The number of fused-ring (bicyclic) bond motifs is 2. The Bertz CT molecular complexity index is 578. The predicted molar refractivity (Wildman–Crippen MR) is 94.4 cm³/mol. The highest BCUT2D eigenvalue weighted by molar-refractivity contribution is 5.95. The van der Waals surface area contributed by atoms with E-state index in [-0.39, 0.29) is 11.3 Å². The van der Waals surface area contributed by atoms with E-state index in [0.717, 1.165) is 31.7 Å². The smallest absolute Gasteiger partial charge is 0.251 e. The molecule has 5 heteroatoms. The zero-order valence-electron chi connectivity index (χ0n) is 14.5. The van der Waals surface area contributed by atoms with Gasteiger partial charge in [-0.05, 0) is 57.7 Å². The van der Waals surface area contributed by atoms with E-state index in [1.807, 2.05) is 20.2 Å². The molecule has 5 nitrogen and oxygen atoms in total. The van der Waals surface area contributed by atoms with Gasteiger partial charge in [0.25, 0.3) is 5.91 Å². The van der Waals surface area contributed by atoms with Crippen LogP contribution < -0.4 is 15.5 Å². The van der Waals surface area contributed by atoms with Crippen LogP contribution in [0.2, 0.25) is 0 Å². The topological polar surface area (TPSA) is 47.6 Å². The Kier molecular flexibility index (Phi) is 4.60. The zero-order chi connectivity index (χ0) is 16.4. The summed E-state index contributed by atoms with van der Waals surface area (Å²) in [6.07, 6.45) is 2.36. The lowest BCUT2D eigenvalue weighted by Gasteiger charge is -2.34. The minimum atomic E-state index is 0.0225. The summed E-state index contributed by atoms with van der Waals surface area (Å²) in [7, 11) is 6.16. The summed E-state index contributed by atoms with van der Waals surface area (Å²) < 4.78 is 0. The molecule has 2 heterocycles. The molecule has 0 unspecified atom stereocenters. The summed E-state index contributed by atoms with van der Waals surface area (Å²) in [6, 6.07) is 6.24. The van der Waals surface area contributed by atoms with Gasteiger partial charge in [0, 0.05) is 43.3 Å². The van der Waals surface area contributed by atoms with Gasteiger partial charge in [-0.25, -0.2) is 0 Å². The molecule has 1 amide bonds. The molecular weight excluding hydrogens is 288 g/mol. The number of hydrogen-bond acceptors (Lipinski definition) is 4. The molecule has 23 heavy (non-hydrogen) atoms. The number of anilines is 1. The number of rotatable bonds is 4. The minimum Gasteiger partial charge on any atom is -0.373 e. The van der Waals surface area contributed by atoms with Crippen LogP contribution in [-0.4, -0.2) is 64.7 Å². The Morgan fingerprint density at radius 1 is 1.35 bits per heavy atom. The molecule has 0 aromatic heterocycles. The van der Waals surface area contributed by atoms with Crippen molar-refractivity contribution in [3.8, 4) is 0 Å². The van der Waals surface area contributed by atoms with Gasteiger partial charge in [0.05, 0.1) is 0 Å². The number of benzene rings is 1. The second kappa shape index (κ2) is 6.49. The highest BCUT2D eigenvalue weighted by Gasteiger charge is 2.42. The first kappa shape index (κ1) is 16.3. The van der Waals surface area contributed by atoms with Gasteiger partial charge in [-0.15, -0.1) is 0 Å². The van der Waals surface area contributed by atoms with Gasteiger partial charge in [0.2, 0.25) is 0 Å². The molecule has 0 saturated carbocycles.